The molecule has 4 amide bonds. The first kappa shape index (κ1) is 22.5. The van der Waals surface area contributed by atoms with Gasteiger partial charge in [0.25, 0.3) is 5.91 Å². The minimum absolute atomic E-state index is 0.00129. The lowest BCUT2D eigenvalue weighted by molar-refractivity contribution is -0.137. The van der Waals surface area contributed by atoms with Gasteiger partial charge in [0.05, 0.1) is 0 Å². The van der Waals surface area contributed by atoms with Gasteiger partial charge in [0, 0.05) is 38.7 Å². The Bertz CT molecular complexity index is 750. The van der Waals surface area contributed by atoms with Crippen LogP contribution >= 0.6 is 0 Å². The van der Waals surface area contributed by atoms with E-state index in [2.05, 4.69) is 17.2 Å². The number of rotatable bonds is 8. The van der Waals surface area contributed by atoms with Gasteiger partial charge >= 0.3 is 0 Å². The predicted molar refractivity (Wildman–Crippen MR) is 110 cm³/mol. The first-order valence-corrected chi connectivity index (χ1v) is 9.81. The minimum Gasteiger partial charge on any atom is -0.343 e. The summed E-state index contributed by atoms with van der Waals surface area (Å²) in [5, 5.41) is 5.38. The molecule has 0 saturated carbocycles. The van der Waals surface area contributed by atoms with Crippen molar-refractivity contribution in [2.75, 3.05) is 33.2 Å². The highest BCUT2D eigenvalue weighted by atomic mass is 16.2. The summed E-state index contributed by atoms with van der Waals surface area (Å²) in [4.78, 5) is 52.0. The van der Waals surface area contributed by atoms with Crippen molar-refractivity contribution in [1.29, 1.82) is 0 Å². The maximum Gasteiger partial charge on any atom is 0.254 e. The summed E-state index contributed by atoms with van der Waals surface area (Å²) in [5.41, 5.74) is 0.229. The molecular formula is C21H30N4O4. The van der Waals surface area contributed by atoms with Crippen LogP contribution in [0.1, 0.15) is 26.7 Å². The molecule has 158 valence electrons. The Balaban J connectivity index is 2.31. The van der Waals surface area contributed by atoms with Crippen molar-refractivity contribution in [2.45, 2.75) is 32.2 Å². The van der Waals surface area contributed by atoms with Gasteiger partial charge in [-0.2, -0.15) is 0 Å². The van der Waals surface area contributed by atoms with Crippen LogP contribution in [0.5, 0.6) is 0 Å². The molecule has 2 aliphatic rings. The molecule has 0 radical (unpaired) electrons. The van der Waals surface area contributed by atoms with Crippen LogP contribution in [-0.4, -0.2) is 72.7 Å². The highest BCUT2D eigenvalue weighted by Crippen LogP contribution is 2.32. The normalized spacial score (nSPS) is 20.2. The smallest absolute Gasteiger partial charge is 0.254 e. The molecule has 1 saturated heterocycles. The summed E-state index contributed by atoms with van der Waals surface area (Å²) in [6.45, 7) is 8.69. The number of amides is 4. The monoisotopic (exact) mass is 402 g/mol. The van der Waals surface area contributed by atoms with Gasteiger partial charge in [-0.25, -0.2) is 0 Å². The average Bonchev–Trinajstić information content (AvgIpc) is 3.01. The third-order valence-corrected chi connectivity index (χ3v) is 5.92. The second-order valence-electron chi connectivity index (χ2n) is 7.40. The summed E-state index contributed by atoms with van der Waals surface area (Å²) in [6.07, 6.45) is 6.75. The van der Waals surface area contributed by atoms with Crippen LogP contribution < -0.4 is 10.6 Å². The number of carbonyl (C=O) groups excluding carboxylic acids is 4. The number of imide groups is 1. The molecule has 2 rings (SSSR count). The first-order chi connectivity index (χ1) is 13.8. The van der Waals surface area contributed by atoms with E-state index in [0.717, 1.165) is 5.57 Å². The highest BCUT2D eigenvalue weighted by molar-refractivity contribution is 6.01. The van der Waals surface area contributed by atoms with Gasteiger partial charge in [-0.05, 0) is 38.3 Å². The van der Waals surface area contributed by atoms with E-state index in [4.69, 9.17) is 0 Å². The number of nitrogens with one attached hydrogen (secondary N) is 2. The van der Waals surface area contributed by atoms with E-state index >= 15 is 0 Å². The Morgan fingerprint density at radius 3 is 2.45 bits per heavy atom. The molecular weight excluding hydrogens is 372 g/mol. The Hall–Kier alpha value is -2.74. The van der Waals surface area contributed by atoms with Gasteiger partial charge in [-0.3, -0.25) is 24.5 Å². The van der Waals surface area contributed by atoms with Gasteiger partial charge in [0.15, 0.2) is 0 Å². The van der Waals surface area contributed by atoms with Crippen LogP contribution in [0.15, 0.2) is 36.0 Å². The summed E-state index contributed by atoms with van der Waals surface area (Å²) in [7, 11) is 1.66. The molecule has 29 heavy (non-hydrogen) atoms. The first-order valence-electron chi connectivity index (χ1n) is 9.81. The molecule has 2 N–H and O–H groups in total. The van der Waals surface area contributed by atoms with Gasteiger partial charge in [0.1, 0.15) is 5.54 Å². The molecule has 1 unspecified atom stereocenters. The largest absolute Gasteiger partial charge is 0.343 e. The van der Waals surface area contributed by atoms with Crippen LogP contribution in [0, 0.1) is 5.92 Å². The molecule has 0 bridgehead atoms. The summed E-state index contributed by atoms with van der Waals surface area (Å²) < 4.78 is 0. The van der Waals surface area contributed by atoms with Crippen molar-refractivity contribution in [3.05, 3.63) is 36.0 Å². The molecule has 0 aromatic rings. The van der Waals surface area contributed by atoms with E-state index in [1.54, 1.807) is 35.1 Å². The van der Waals surface area contributed by atoms with E-state index in [1.165, 1.54) is 6.92 Å². The number of likely N-dealkylation sites (tertiary alicyclic amines) is 1. The van der Waals surface area contributed by atoms with Crippen molar-refractivity contribution < 1.29 is 19.2 Å². The lowest BCUT2D eigenvalue weighted by atomic mass is 9.76. The van der Waals surface area contributed by atoms with Crippen molar-refractivity contribution in [3.8, 4) is 0 Å². The van der Waals surface area contributed by atoms with Gasteiger partial charge < -0.3 is 15.1 Å². The topological polar surface area (TPSA) is 98.8 Å². The maximum absolute atomic E-state index is 13.0. The van der Waals surface area contributed by atoms with Crippen molar-refractivity contribution in [3.63, 3.8) is 0 Å². The molecule has 1 atom stereocenters. The quantitative estimate of drug-likeness (QED) is 0.572. The van der Waals surface area contributed by atoms with Crippen molar-refractivity contribution in [1.82, 2.24) is 20.4 Å². The Labute approximate surface area is 171 Å². The van der Waals surface area contributed by atoms with Crippen molar-refractivity contribution in [2.24, 2.45) is 5.92 Å². The molecule has 0 aromatic heterocycles. The second kappa shape index (κ2) is 9.65. The zero-order valence-electron chi connectivity index (χ0n) is 17.4. The van der Waals surface area contributed by atoms with E-state index in [0.29, 0.717) is 44.5 Å². The predicted octanol–water partition coefficient (Wildman–Crippen LogP) is 0.377. The van der Waals surface area contributed by atoms with Gasteiger partial charge in [-0.1, -0.05) is 24.8 Å². The zero-order chi connectivity index (χ0) is 21.6. The number of carbonyl (C=O) groups is 4. The number of allylic oxidation sites excluding steroid dienone is 1. The van der Waals surface area contributed by atoms with Gasteiger partial charge in [0.2, 0.25) is 18.2 Å². The highest BCUT2D eigenvalue weighted by Gasteiger charge is 2.48. The third-order valence-electron chi connectivity index (χ3n) is 5.92. The summed E-state index contributed by atoms with van der Waals surface area (Å²) >= 11 is 0. The van der Waals surface area contributed by atoms with Crippen LogP contribution in [-0.2, 0) is 19.2 Å². The molecule has 2 heterocycles. The maximum atomic E-state index is 13.0. The fourth-order valence-electron chi connectivity index (χ4n) is 4.27. The third kappa shape index (κ3) is 4.48. The molecule has 0 aliphatic carbocycles. The fourth-order valence-corrected chi connectivity index (χ4v) is 4.27. The number of piperidine rings is 1. The Morgan fingerprint density at radius 2 is 1.97 bits per heavy atom. The Morgan fingerprint density at radius 1 is 1.31 bits per heavy atom. The minimum atomic E-state index is -1.14. The second-order valence-corrected chi connectivity index (χ2v) is 7.40. The van der Waals surface area contributed by atoms with Crippen LogP contribution in [0.2, 0.25) is 0 Å². The zero-order valence-corrected chi connectivity index (χ0v) is 17.4. The number of nitrogens with zero attached hydrogens (tertiary/aromatic N) is 2. The SMILES string of the molecule is C=CC1=C(/C=C\C)C(=O)N(CC(NC)(C(=O)NC=O)C2CCN(C(C)=O)CC2)C1. The standard InChI is InChI=1S/C21H30N4O4/c1-5-7-18-16(6-2)12-25(19(18)28)13-21(22-4,20(29)23-14-26)17-8-10-24(11-9-17)15(3)27/h5-7,14,17,22H,2,8-13H2,1,3-4H3,(H,23,26,29)/b7-5-. The number of hydrogen-bond donors (Lipinski definition) is 2. The molecule has 0 aromatic carbocycles. The van der Waals surface area contributed by atoms with E-state index in [9.17, 15) is 19.2 Å². The van der Waals surface area contributed by atoms with E-state index in [-0.39, 0.29) is 24.3 Å². The molecule has 8 heteroatoms. The van der Waals surface area contributed by atoms with E-state index in [1.807, 2.05) is 6.92 Å². The molecule has 0 spiro atoms. The van der Waals surface area contributed by atoms with Gasteiger partial charge in [-0.15, -0.1) is 0 Å². The van der Waals surface area contributed by atoms with Crippen LogP contribution in [0.4, 0.5) is 0 Å². The van der Waals surface area contributed by atoms with Crippen LogP contribution in [0.3, 0.4) is 0 Å². The lowest BCUT2D eigenvalue weighted by Crippen LogP contribution is -2.67. The summed E-state index contributed by atoms with van der Waals surface area (Å²) in [5.74, 6) is -0.781. The van der Waals surface area contributed by atoms with Crippen LogP contribution in [0.25, 0.3) is 0 Å². The van der Waals surface area contributed by atoms with E-state index < -0.39 is 11.4 Å². The lowest BCUT2D eigenvalue weighted by Gasteiger charge is -2.44. The molecule has 1 fully saturated rings. The Kier molecular flexibility index (Phi) is 7.50. The molecule has 8 nitrogen and oxygen atoms in total. The summed E-state index contributed by atoms with van der Waals surface area (Å²) in [6, 6.07) is 0. The number of likely N-dealkylation sites (N-methyl/N-ethyl adjacent to an activating group) is 1. The number of hydrogen-bond acceptors (Lipinski definition) is 5. The average molecular weight is 402 g/mol. The molecule has 2 aliphatic heterocycles. The van der Waals surface area contributed by atoms with Crippen molar-refractivity contribution >= 4 is 24.1 Å². The fraction of sp³-hybridized carbons (Fsp3) is 0.524.